The zero-order chi connectivity index (χ0) is 17.5. The topological polar surface area (TPSA) is 71.5 Å². The lowest BCUT2D eigenvalue weighted by molar-refractivity contribution is -0.143. The van der Waals surface area contributed by atoms with Crippen LogP contribution in [0.25, 0.3) is 0 Å². The number of pyridine rings is 1. The molecule has 126 valence electrons. The zero-order valence-corrected chi connectivity index (χ0v) is 14.0. The Morgan fingerprint density at radius 1 is 1.25 bits per heavy atom. The smallest absolute Gasteiger partial charge is 0.256 e. The minimum Gasteiger partial charge on any atom is -0.367 e. The fourth-order valence-corrected chi connectivity index (χ4v) is 2.29. The Hall–Kier alpha value is -2.73. The molecule has 0 aliphatic carbocycles. The number of anilines is 1. The van der Waals surface area contributed by atoms with Crippen LogP contribution in [0.5, 0.6) is 0 Å². The van der Waals surface area contributed by atoms with Crippen molar-refractivity contribution in [3.8, 4) is 0 Å². The maximum absolute atomic E-state index is 12.5. The van der Waals surface area contributed by atoms with Crippen LogP contribution in [0.4, 0.5) is 5.82 Å². The molecular weight excluding hydrogens is 306 g/mol. The summed E-state index contributed by atoms with van der Waals surface area (Å²) in [5, 5.41) is 2.68. The van der Waals surface area contributed by atoms with Crippen molar-refractivity contribution in [2.75, 3.05) is 26.0 Å². The number of methoxy groups -OCH3 is 1. The second kappa shape index (κ2) is 8.21. The normalized spacial score (nSPS) is 11.6. The van der Waals surface area contributed by atoms with Crippen molar-refractivity contribution in [1.82, 2.24) is 9.88 Å². The molecule has 6 heteroatoms. The van der Waals surface area contributed by atoms with Crippen LogP contribution in [0.1, 0.15) is 17.2 Å². The first-order chi connectivity index (χ1) is 11.5. The summed E-state index contributed by atoms with van der Waals surface area (Å²) >= 11 is 0. The third-order valence-electron chi connectivity index (χ3n) is 3.50. The van der Waals surface area contributed by atoms with Crippen LogP contribution in [0.3, 0.4) is 0 Å². The van der Waals surface area contributed by atoms with Gasteiger partial charge in [0.2, 0.25) is 5.91 Å². The predicted octanol–water partition coefficient (Wildman–Crippen LogP) is 2.17. The van der Waals surface area contributed by atoms with Crippen molar-refractivity contribution in [3.63, 3.8) is 0 Å². The van der Waals surface area contributed by atoms with Gasteiger partial charge in [0, 0.05) is 20.4 Å². The standard InChI is InChI=1S/C18H21N3O3/c1-13-9-10-19-15(11-13)20-16(22)12-21(2)18(23)17(24-3)14-7-5-4-6-8-14/h4-11,17H,12H2,1-3H3,(H,19,20,22). The number of aromatic nitrogens is 1. The summed E-state index contributed by atoms with van der Waals surface area (Å²) in [5.41, 5.74) is 1.74. The van der Waals surface area contributed by atoms with E-state index in [-0.39, 0.29) is 18.4 Å². The Morgan fingerprint density at radius 3 is 2.58 bits per heavy atom. The Balaban J connectivity index is 1.98. The Labute approximate surface area is 141 Å². The van der Waals surface area contributed by atoms with E-state index >= 15 is 0 Å². The molecule has 0 saturated heterocycles. The summed E-state index contributed by atoms with van der Waals surface area (Å²) in [7, 11) is 3.04. The number of nitrogens with zero attached hydrogens (tertiary/aromatic N) is 2. The minimum atomic E-state index is -0.735. The predicted molar refractivity (Wildman–Crippen MR) is 91.4 cm³/mol. The third-order valence-corrected chi connectivity index (χ3v) is 3.50. The van der Waals surface area contributed by atoms with Crippen LogP contribution in [0.15, 0.2) is 48.7 Å². The van der Waals surface area contributed by atoms with Gasteiger partial charge in [-0.15, -0.1) is 0 Å². The van der Waals surface area contributed by atoms with E-state index in [0.717, 1.165) is 11.1 Å². The van der Waals surface area contributed by atoms with Gasteiger partial charge in [0.05, 0.1) is 6.54 Å². The molecule has 0 bridgehead atoms. The van der Waals surface area contributed by atoms with Crippen LogP contribution in [0, 0.1) is 6.92 Å². The van der Waals surface area contributed by atoms with E-state index in [1.807, 2.05) is 43.3 Å². The van der Waals surface area contributed by atoms with Crippen LogP contribution in [-0.2, 0) is 14.3 Å². The van der Waals surface area contributed by atoms with Gasteiger partial charge in [-0.2, -0.15) is 0 Å². The first kappa shape index (κ1) is 17.6. The number of likely N-dealkylation sites (N-methyl/N-ethyl adjacent to an activating group) is 1. The fourth-order valence-electron chi connectivity index (χ4n) is 2.29. The van der Waals surface area contributed by atoms with Crippen molar-refractivity contribution in [3.05, 3.63) is 59.8 Å². The summed E-state index contributed by atoms with van der Waals surface area (Å²) in [4.78, 5) is 30.0. The lowest BCUT2D eigenvalue weighted by Gasteiger charge is -2.22. The van der Waals surface area contributed by atoms with Gasteiger partial charge < -0.3 is 15.0 Å². The molecule has 2 aromatic rings. The summed E-state index contributed by atoms with van der Waals surface area (Å²) < 4.78 is 5.30. The number of ether oxygens (including phenoxy) is 1. The van der Waals surface area contributed by atoms with E-state index in [4.69, 9.17) is 4.74 Å². The number of carbonyl (C=O) groups is 2. The molecule has 1 aromatic heterocycles. The molecule has 0 aliphatic rings. The van der Waals surface area contributed by atoms with E-state index < -0.39 is 6.10 Å². The van der Waals surface area contributed by atoms with Gasteiger partial charge in [-0.05, 0) is 30.2 Å². The molecule has 1 atom stereocenters. The lowest BCUT2D eigenvalue weighted by atomic mass is 10.1. The molecule has 2 rings (SSSR count). The van der Waals surface area contributed by atoms with E-state index in [1.165, 1.54) is 12.0 Å². The molecule has 0 radical (unpaired) electrons. The number of benzene rings is 1. The highest BCUT2D eigenvalue weighted by Crippen LogP contribution is 2.18. The van der Waals surface area contributed by atoms with Gasteiger partial charge >= 0.3 is 0 Å². The number of rotatable bonds is 6. The van der Waals surface area contributed by atoms with Gasteiger partial charge in [0.1, 0.15) is 5.82 Å². The second-order valence-electron chi connectivity index (χ2n) is 5.49. The quantitative estimate of drug-likeness (QED) is 0.883. The molecule has 1 N–H and O–H groups in total. The highest BCUT2D eigenvalue weighted by Gasteiger charge is 2.24. The number of hydrogen-bond donors (Lipinski definition) is 1. The number of amides is 2. The van der Waals surface area contributed by atoms with Crippen molar-refractivity contribution in [1.29, 1.82) is 0 Å². The van der Waals surface area contributed by atoms with Crippen molar-refractivity contribution < 1.29 is 14.3 Å². The molecule has 0 spiro atoms. The Kier molecular flexibility index (Phi) is 6.03. The molecule has 1 heterocycles. The molecule has 1 aromatic carbocycles. The largest absolute Gasteiger partial charge is 0.367 e. The summed E-state index contributed by atoms with van der Waals surface area (Å²) in [6.45, 7) is 1.83. The maximum Gasteiger partial charge on any atom is 0.256 e. The average Bonchev–Trinajstić information content (AvgIpc) is 2.56. The monoisotopic (exact) mass is 327 g/mol. The average molecular weight is 327 g/mol. The maximum atomic E-state index is 12.5. The zero-order valence-electron chi connectivity index (χ0n) is 14.0. The van der Waals surface area contributed by atoms with Crippen LogP contribution < -0.4 is 5.32 Å². The Morgan fingerprint density at radius 2 is 1.96 bits per heavy atom. The molecule has 1 unspecified atom stereocenters. The van der Waals surface area contributed by atoms with E-state index in [0.29, 0.717) is 5.82 Å². The van der Waals surface area contributed by atoms with Gasteiger partial charge in [-0.25, -0.2) is 4.98 Å². The fraction of sp³-hybridized carbons (Fsp3) is 0.278. The van der Waals surface area contributed by atoms with Crippen molar-refractivity contribution in [2.24, 2.45) is 0 Å². The summed E-state index contributed by atoms with van der Waals surface area (Å²) in [6, 6.07) is 12.8. The molecule has 0 fully saturated rings. The molecule has 0 aliphatic heterocycles. The van der Waals surface area contributed by atoms with Crippen LogP contribution >= 0.6 is 0 Å². The highest BCUT2D eigenvalue weighted by molar-refractivity contribution is 5.94. The van der Waals surface area contributed by atoms with Gasteiger partial charge in [-0.1, -0.05) is 30.3 Å². The van der Waals surface area contributed by atoms with E-state index in [2.05, 4.69) is 10.3 Å². The molecule has 2 amide bonds. The molecular formula is C18H21N3O3. The second-order valence-corrected chi connectivity index (χ2v) is 5.49. The van der Waals surface area contributed by atoms with E-state index in [9.17, 15) is 9.59 Å². The molecule has 6 nitrogen and oxygen atoms in total. The van der Waals surface area contributed by atoms with Crippen molar-refractivity contribution in [2.45, 2.75) is 13.0 Å². The number of aryl methyl sites for hydroxylation is 1. The number of carbonyl (C=O) groups excluding carboxylic acids is 2. The first-order valence-electron chi connectivity index (χ1n) is 7.56. The summed E-state index contributed by atoms with van der Waals surface area (Å²) in [6.07, 6.45) is 0.886. The molecule has 0 saturated carbocycles. The SMILES string of the molecule is COC(C(=O)N(C)CC(=O)Nc1cc(C)ccn1)c1ccccc1. The number of nitrogens with one attached hydrogen (secondary N) is 1. The number of hydrogen-bond acceptors (Lipinski definition) is 4. The van der Waals surface area contributed by atoms with Crippen molar-refractivity contribution >= 4 is 17.6 Å². The third kappa shape index (κ3) is 4.63. The Bertz CT molecular complexity index is 704. The van der Waals surface area contributed by atoms with Gasteiger partial charge in [-0.3, -0.25) is 9.59 Å². The minimum absolute atomic E-state index is 0.0822. The highest BCUT2D eigenvalue weighted by atomic mass is 16.5. The van der Waals surface area contributed by atoms with Crippen LogP contribution in [-0.4, -0.2) is 42.4 Å². The molecule has 24 heavy (non-hydrogen) atoms. The lowest BCUT2D eigenvalue weighted by Crippen LogP contribution is -2.38. The first-order valence-corrected chi connectivity index (χ1v) is 7.56. The van der Waals surface area contributed by atoms with Gasteiger partial charge in [0.15, 0.2) is 6.10 Å². The van der Waals surface area contributed by atoms with Gasteiger partial charge in [0.25, 0.3) is 5.91 Å². The summed E-state index contributed by atoms with van der Waals surface area (Å²) in [5.74, 6) is -0.130. The van der Waals surface area contributed by atoms with Crippen LogP contribution in [0.2, 0.25) is 0 Å². The van der Waals surface area contributed by atoms with E-state index in [1.54, 1.807) is 19.3 Å².